The van der Waals surface area contributed by atoms with E-state index in [0.29, 0.717) is 0 Å². The first-order valence-corrected chi connectivity index (χ1v) is 10.4. The zero-order valence-corrected chi connectivity index (χ0v) is 16.0. The van der Waals surface area contributed by atoms with Crippen LogP contribution in [0.1, 0.15) is 0 Å². The van der Waals surface area contributed by atoms with Gasteiger partial charge in [-0.25, -0.2) is 0 Å². The van der Waals surface area contributed by atoms with E-state index in [1.165, 1.54) is 52.8 Å². The Bertz CT molecular complexity index is 1400. The summed E-state index contributed by atoms with van der Waals surface area (Å²) in [6.07, 6.45) is 0. The highest BCUT2D eigenvalue weighted by atomic mass is 32.1. The predicted molar refractivity (Wildman–Crippen MR) is 124 cm³/mol. The number of fused-ring (bicyclic) bond motifs is 6. The summed E-state index contributed by atoms with van der Waals surface area (Å²) in [5, 5.41) is 7.95. The minimum Gasteiger partial charge on any atom is -0.0622 e. The summed E-state index contributed by atoms with van der Waals surface area (Å²) in [5.74, 6) is 0. The van der Waals surface area contributed by atoms with Crippen LogP contribution in [0.4, 0.5) is 0 Å². The van der Waals surface area contributed by atoms with E-state index >= 15 is 0 Å². The van der Waals surface area contributed by atoms with Crippen LogP contribution in [-0.4, -0.2) is 0 Å². The van der Waals surface area contributed by atoms with Crippen molar-refractivity contribution in [2.45, 2.75) is 0 Å². The molecule has 0 aliphatic rings. The van der Waals surface area contributed by atoms with Crippen molar-refractivity contribution < 1.29 is 0 Å². The van der Waals surface area contributed by atoms with Crippen molar-refractivity contribution in [3.63, 3.8) is 0 Å². The Morgan fingerprint density at radius 3 is 1.50 bits per heavy atom. The largest absolute Gasteiger partial charge is 0.240 e. The molecule has 0 spiro atoms. The fourth-order valence-corrected chi connectivity index (χ4v) is 5.46. The van der Waals surface area contributed by atoms with Crippen LogP contribution in [0.5, 0.6) is 0 Å². The summed E-state index contributed by atoms with van der Waals surface area (Å²) < 4.78 is 2.67. The summed E-state index contributed by atoms with van der Waals surface area (Å²) in [4.78, 5) is 0. The zero-order valence-electron chi connectivity index (χ0n) is 15.2. The molecule has 0 aliphatic carbocycles. The molecule has 5 aromatic carbocycles. The van der Waals surface area contributed by atoms with Gasteiger partial charge >= 0.3 is 0 Å². The Hall–Kier alpha value is -3.29. The molecule has 130 valence electrons. The SMILES string of the molecule is c1ccc(-c2c3c(ccc4ccccc43)[s+]c3ccc4ccccc4c23)cc1. The molecule has 1 aromatic heterocycles. The highest BCUT2D eigenvalue weighted by molar-refractivity contribution is 7.25. The Kier molecular flexibility index (Phi) is 3.44. The third-order valence-electron chi connectivity index (χ3n) is 5.56. The third kappa shape index (κ3) is 2.27. The van der Waals surface area contributed by atoms with Gasteiger partial charge in [0.2, 0.25) is 20.7 Å². The number of rotatable bonds is 1. The molecule has 0 saturated heterocycles. The Labute approximate surface area is 167 Å². The van der Waals surface area contributed by atoms with Crippen LogP contribution < -0.4 is 0 Å². The van der Waals surface area contributed by atoms with Gasteiger partial charge in [0.15, 0.2) is 0 Å². The molecule has 6 aromatic rings. The van der Waals surface area contributed by atoms with Crippen LogP contribution in [-0.2, 0) is 0 Å². The van der Waals surface area contributed by atoms with E-state index in [-0.39, 0.29) is 0 Å². The molecular weight excluding hydrogens is 356 g/mol. The first kappa shape index (κ1) is 15.7. The first-order valence-electron chi connectivity index (χ1n) is 9.54. The molecule has 6 rings (SSSR count). The lowest BCUT2D eigenvalue weighted by molar-refractivity contribution is 1.69. The average molecular weight is 374 g/mol. The molecule has 1 heteroatoms. The van der Waals surface area contributed by atoms with Crippen molar-refractivity contribution in [3.05, 3.63) is 103 Å². The molecule has 0 radical (unpaired) electrons. The molecule has 0 N–H and O–H groups in total. The van der Waals surface area contributed by atoms with Gasteiger partial charge in [-0.05, 0) is 39.2 Å². The molecule has 0 unspecified atom stereocenters. The normalized spacial score (nSPS) is 11.6. The predicted octanol–water partition coefficient (Wildman–Crippen LogP) is 8.31. The van der Waals surface area contributed by atoms with E-state index in [4.69, 9.17) is 0 Å². The molecule has 0 nitrogen and oxygen atoms in total. The van der Waals surface area contributed by atoms with Crippen molar-refractivity contribution in [1.29, 1.82) is 0 Å². The molecular formula is C27H17S+. The summed E-state index contributed by atoms with van der Waals surface area (Å²) >= 11 is 1.89. The second-order valence-electron chi connectivity index (χ2n) is 7.16. The molecule has 0 atom stereocenters. The van der Waals surface area contributed by atoms with Gasteiger partial charge in [0.25, 0.3) is 0 Å². The van der Waals surface area contributed by atoms with E-state index in [0.717, 1.165) is 0 Å². The second kappa shape index (κ2) is 6.12. The molecule has 28 heavy (non-hydrogen) atoms. The van der Waals surface area contributed by atoms with Crippen LogP contribution in [0.3, 0.4) is 0 Å². The molecule has 0 bridgehead atoms. The first-order chi connectivity index (χ1) is 13.9. The summed E-state index contributed by atoms with van der Waals surface area (Å²) in [5.41, 5.74) is 2.62. The average Bonchev–Trinajstić information content (AvgIpc) is 2.78. The minimum atomic E-state index is 1.28. The smallest absolute Gasteiger partial charge is 0.0622 e. The lowest BCUT2D eigenvalue weighted by atomic mass is 9.92. The molecule has 0 fully saturated rings. The molecule has 1 heterocycles. The lowest BCUT2D eigenvalue weighted by Gasteiger charge is -2.11. The highest BCUT2D eigenvalue weighted by Gasteiger charge is 2.22. The Morgan fingerprint density at radius 1 is 0.429 bits per heavy atom. The zero-order chi connectivity index (χ0) is 18.5. The van der Waals surface area contributed by atoms with E-state index in [1.54, 1.807) is 0 Å². The van der Waals surface area contributed by atoms with Gasteiger partial charge in [-0.15, -0.1) is 0 Å². The number of hydrogen-bond acceptors (Lipinski definition) is 0. The standard InChI is InChI=1S/C27H17S/c1-2-10-20(11-3-1)25-26-21-12-6-4-8-18(21)14-16-23(26)28-24-17-15-19-9-5-7-13-22(19)27(24)25/h1-17H/q+1. The maximum absolute atomic E-state index is 2.28. The van der Waals surface area contributed by atoms with Crippen molar-refractivity contribution in [2.24, 2.45) is 0 Å². The van der Waals surface area contributed by atoms with Crippen molar-refractivity contribution in [2.75, 3.05) is 0 Å². The van der Waals surface area contributed by atoms with Crippen molar-refractivity contribution in [3.8, 4) is 11.1 Å². The topological polar surface area (TPSA) is 0 Å². The fourth-order valence-electron chi connectivity index (χ4n) is 4.33. The quantitative estimate of drug-likeness (QED) is 0.154. The van der Waals surface area contributed by atoms with E-state index < -0.39 is 0 Å². The maximum Gasteiger partial charge on any atom is 0.240 e. The number of benzene rings is 5. The van der Waals surface area contributed by atoms with Crippen LogP contribution >= 0.6 is 11.3 Å². The molecule has 0 amide bonds. The highest BCUT2D eigenvalue weighted by Crippen LogP contribution is 2.44. The van der Waals surface area contributed by atoms with Gasteiger partial charge in [-0.3, -0.25) is 0 Å². The van der Waals surface area contributed by atoms with Crippen LogP contribution in [0, 0.1) is 0 Å². The monoisotopic (exact) mass is 373 g/mol. The van der Waals surface area contributed by atoms with Crippen LogP contribution in [0.2, 0.25) is 0 Å². The van der Waals surface area contributed by atoms with E-state index in [1.807, 2.05) is 11.3 Å². The Morgan fingerprint density at radius 2 is 0.929 bits per heavy atom. The molecule has 0 aliphatic heterocycles. The van der Waals surface area contributed by atoms with Gasteiger partial charge in [0, 0.05) is 17.7 Å². The second-order valence-corrected chi connectivity index (χ2v) is 8.25. The summed E-state index contributed by atoms with van der Waals surface area (Å²) in [6.45, 7) is 0. The molecule has 0 saturated carbocycles. The van der Waals surface area contributed by atoms with Gasteiger partial charge in [-0.1, -0.05) is 78.9 Å². The van der Waals surface area contributed by atoms with Crippen LogP contribution in [0.25, 0.3) is 52.8 Å². The van der Waals surface area contributed by atoms with Crippen LogP contribution in [0.15, 0.2) is 103 Å². The third-order valence-corrected chi connectivity index (χ3v) is 6.68. The van der Waals surface area contributed by atoms with E-state index in [2.05, 4.69) is 103 Å². The van der Waals surface area contributed by atoms with Gasteiger partial charge in [0.1, 0.15) is 0 Å². The number of hydrogen-bond donors (Lipinski definition) is 0. The minimum absolute atomic E-state index is 1.28. The lowest BCUT2D eigenvalue weighted by Crippen LogP contribution is -1.87. The summed E-state index contributed by atoms with van der Waals surface area (Å²) in [7, 11) is 0. The van der Waals surface area contributed by atoms with Gasteiger partial charge in [0.05, 0.1) is 10.8 Å². The van der Waals surface area contributed by atoms with E-state index in [9.17, 15) is 0 Å². The summed E-state index contributed by atoms with van der Waals surface area (Å²) in [6, 6.07) is 37.4. The van der Waals surface area contributed by atoms with Gasteiger partial charge in [-0.2, -0.15) is 0 Å². The van der Waals surface area contributed by atoms with Gasteiger partial charge < -0.3 is 0 Å². The van der Waals surface area contributed by atoms with Crippen molar-refractivity contribution >= 4 is 53.1 Å². The fraction of sp³-hybridized carbons (Fsp3) is 0. The maximum atomic E-state index is 2.28. The Balaban J connectivity index is 1.97. The van der Waals surface area contributed by atoms with Crippen molar-refractivity contribution in [1.82, 2.24) is 0 Å².